The summed E-state index contributed by atoms with van der Waals surface area (Å²) in [5.41, 5.74) is 2.71. The van der Waals surface area contributed by atoms with Crippen LogP contribution in [0.15, 0.2) is 48.5 Å². The number of Topliss-reactive ketones (excluding diaryl/α,β-unsaturated/α-hetero) is 2. The Bertz CT molecular complexity index is 863. The second-order valence-electron chi connectivity index (χ2n) is 6.91. The quantitative estimate of drug-likeness (QED) is 0.443. The molecule has 0 spiro atoms. The number of aliphatic hydroxyl groups excluding tert-OH is 1. The lowest BCUT2D eigenvalue weighted by molar-refractivity contribution is -0.146. The molecule has 28 heavy (non-hydrogen) atoms. The Morgan fingerprint density at radius 2 is 1.50 bits per heavy atom. The second-order valence-corrected chi connectivity index (χ2v) is 6.91. The SMILES string of the molecule is BN1CCC[C@H]1C(=O)OCC(=O)c1ccc(-c2ccc(C(=O)CO)cc2)cc1. The maximum atomic E-state index is 12.3. The van der Waals surface area contributed by atoms with Gasteiger partial charge in [-0.1, -0.05) is 48.5 Å². The third-order valence-corrected chi connectivity index (χ3v) is 5.03. The van der Waals surface area contributed by atoms with Crippen LogP contribution >= 0.6 is 0 Å². The average molecular weight is 379 g/mol. The summed E-state index contributed by atoms with van der Waals surface area (Å²) in [6.07, 6.45) is 1.72. The lowest BCUT2D eigenvalue weighted by atomic mass is 10.0. The number of hydrogen-bond donors (Lipinski definition) is 1. The van der Waals surface area contributed by atoms with E-state index in [4.69, 9.17) is 9.84 Å². The Labute approximate surface area is 164 Å². The fourth-order valence-corrected chi connectivity index (χ4v) is 3.31. The fourth-order valence-electron chi connectivity index (χ4n) is 3.31. The molecule has 1 heterocycles. The molecule has 1 atom stereocenters. The zero-order valence-electron chi connectivity index (χ0n) is 15.8. The van der Waals surface area contributed by atoms with Crippen LogP contribution in [0.1, 0.15) is 33.6 Å². The molecule has 1 N–H and O–H groups in total. The van der Waals surface area contributed by atoms with Gasteiger partial charge < -0.3 is 14.7 Å². The first-order valence-corrected chi connectivity index (χ1v) is 9.24. The molecule has 144 valence electrons. The highest BCUT2D eigenvalue weighted by Crippen LogP contribution is 2.21. The number of nitrogens with zero attached hydrogens (tertiary/aromatic N) is 1. The van der Waals surface area contributed by atoms with Crippen LogP contribution in [0.5, 0.6) is 0 Å². The molecule has 1 aliphatic rings. The van der Waals surface area contributed by atoms with Gasteiger partial charge in [0.2, 0.25) is 0 Å². The third-order valence-electron chi connectivity index (χ3n) is 5.03. The van der Waals surface area contributed by atoms with Gasteiger partial charge in [0.15, 0.2) is 26.2 Å². The van der Waals surface area contributed by atoms with E-state index in [2.05, 4.69) is 0 Å². The van der Waals surface area contributed by atoms with Crippen LogP contribution in [0, 0.1) is 0 Å². The van der Waals surface area contributed by atoms with Crippen LogP contribution in [0.4, 0.5) is 0 Å². The molecule has 0 amide bonds. The molecule has 2 aromatic rings. The molecule has 0 saturated carbocycles. The van der Waals surface area contributed by atoms with E-state index in [0.717, 1.165) is 30.5 Å². The Hall–Kier alpha value is -2.77. The van der Waals surface area contributed by atoms with Gasteiger partial charge in [0.25, 0.3) is 0 Å². The topological polar surface area (TPSA) is 83.9 Å². The van der Waals surface area contributed by atoms with Gasteiger partial charge in [0.1, 0.15) is 6.61 Å². The lowest BCUT2D eigenvalue weighted by Crippen LogP contribution is -2.36. The zero-order chi connectivity index (χ0) is 20.1. The summed E-state index contributed by atoms with van der Waals surface area (Å²) in [6, 6.07) is 13.7. The van der Waals surface area contributed by atoms with Crippen LogP contribution in [-0.4, -0.2) is 61.2 Å². The first-order valence-electron chi connectivity index (χ1n) is 9.24. The summed E-state index contributed by atoms with van der Waals surface area (Å²) in [5, 5.41) is 8.89. The van der Waals surface area contributed by atoms with E-state index in [1.165, 1.54) is 0 Å². The minimum atomic E-state index is -0.516. The monoisotopic (exact) mass is 379 g/mol. The molecule has 2 aromatic carbocycles. The summed E-state index contributed by atoms with van der Waals surface area (Å²) in [7, 11) is 1.88. The number of carbonyl (C=O) groups is 3. The number of carbonyl (C=O) groups excluding carboxylic acids is 3. The highest BCUT2D eigenvalue weighted by molar-refractivity contribution is 6.07. The standard InChI is InChI=1S/C21H22BNO5/c22-23-11-1-2-18(23)21(27)28-13-20(26)17-9-5-15(6-10-17)14-3-7-16(8-4-14)19(25)12-24/h3-10,18,24H,1-2,11-13,22H2/t18-/m0/s1. The van der Waals surface area contributed by atoms with Crippen molar-refractivity contribution in [3.05, 3.63) is 59.7 Å². The van der Waals surface area contributed by atoms with Crippen molar-refractivity contribution in [1.82, 2.24) is 4.81 Å². The van der Waals surface area contributed by atoms with Gasteiger partial charge in [-0.05, 0) is 30.5 Å². The Kier molecular flexibility index (Phi) is 6.39. The summed E-state index contributed by atoms with van der Waals surface area (Å²) in [4.78, 5) is 37.8. The van der Waals surface area contributed by atoms with Gasteiger partial charge in [-0.15, -0.1) is 0 Å². The summed E-state index contributed by atoms with van der Waals surface area (Å²) >= 11 is 0. The summed E-state index contributed by atoms with van der Waals surface area (Å²) < 4.78 is 5.19. The van der Waals surface area contributed by atoms with Crippen LogP contribution in [-0.2, 0) is 9.53 Å². The Balaban J connectivity index is 1.59. The maximum Gasteiger partial charge on any atom is 0.322 e. The highest BCUT2D eigenvalue weighted by atomic mass is 16.5. The van der Waals surface area contributed by atoms with Crippen molar-refractivity contribution in [2.24, 2.45) is 0 Å². The van der Waals surface area contributed by atoms with E-state index >= 15 is 0 Å². The molecule has 0 aromatic heterocycles. The van der Waals surface area contributed by atoms with Crippen molar-refractivity contribution in [2.75, 3.05) is 19.8 Å². The number of rotatable bonds is 7. The largest absolute Gasteiger partial charge is 0.456 e. The van der Waals surface area contributed by atoms with Crippen LogP contribution in [0.3, 0.4) is 0 Å². The van der Waals surface area contributed by atoms with Gasteiger partial charge in [-0.25, -0.2) is 0 Å². The lowest BCUT2D eigenvalue weighted by Gasteiger charge is -2.17. The molecule has 3 rings (SSSR count). The van der Waals surface area contributed by atoms with Crippen molar-refractivity contribution in [1.29, 1.82) is 0 Å². The summed E-state index contributed by atoms with van der Waals surface area (Å²) in [6.45, 7) is 0.0859. The van der Waals surface area contributed by atoms with Crippen LogP contribution < -0.4 is 0 Å². The van der Waals surface area contributed by atoms with Gasteiger partial charge in [0, 0.05) is 11.1 Å². The number of esters is 1. The summed E-state index contributed by atoms with van der Waals surface area (Å²) in [5.74, 6) is -0.919. The number of aliphatic hydroxyl groups is 1. The van der Waals surface area contributed by atoms with Crippen molar-refractivity contribution < 1.29 is 24.2 Å². The zero-order valence-corrected chi connectivity index (χ0v) is 15.8. The Morgan fingerprint density at radius 1 is 0.964 bits per heavy atom. The van der Waals surface area contributed by atoms with E-state index in [1.807, 2.05) is 24.9 Å². The van der Waals surface area contributed by atoms with Crippen molar-refractivity contribution >= 4 is 25.5 Å². The molecular weight excluding hydrogens is 357 g/mol. The maximum absolute atomic E-state index is 12.3. The first-order chi connectivity index (χ1) is 13.5. The van der Waals surface area contributed by atoms with E-state index in [9.17, 15) is 14.4 Å². The second kappa shape index (κ2) is 8.95. The number of ketones is 2. The molecule has 1 saturated heterocycles. The molecule has 1 fully saturated rings. The average Bonchev–Trinajstić information content (AvgIpc) is 3.17. The number of hydrogen-bond acceptors (Lipinski definition) is 6. The molecule has 7 heteroatoms. The predicted molar refractivity (Wildman–Crippen MR) is 107 cm³/mol. The van der Waals surface area contributed by atoms with Gasteiger partial charge in [0.05, 0.1) is 6.04 Å². The predicted octanol–water partition coefficient (Wildman–Crippen LogP) is 1.27. The third kappa shape index (κ3) is 4.55. The van der Waals surface area contributed by atoms with E-state index in [-0.39, 0.29) is 30.2 Å². The minimum absolute atomic E-state index is 0.246. The van der Waals surface area contributed by atoms with Crippen molar-refractivity contribution in [3.8, 4) is 11.1 Å². The highest BCUT2D eigenvalue weighted by Gasteiger charge is 2.29. The number of benzene rings is 2. The van der Waals surface area contributed by atoms with Gasteiger partial charge in [-0.2, -0.15) is 0 Å². The van der Waals surface area contributed by atoms with Gasteiger partial charge in [-0.3, -0.25) is 14.4 Å². The first kappa shape index (κ1) is 20.0. The van der Waals surface area contributed by atoms with Crippen molar-refractivity contribution in [3.63, 3.8) is 0 Å². The number of ether oxygens (including phenoxy) is 1. The Morgan fingerprint density at radius 3 is 1.96 bits per heavy atom. The molecule has 0 aliphatic carbocycles. The van der Waals surface area contributed by atoms with Crippen LogP contribution in [0.25, 0.3) is 11.1 Å². The fraction of sp³-hybridized carbons (Fsp3) is 0.286. The molecule has 0 bridgehead atoms. The normalized spacial score (nSPS) is 16.7. The minimum Gasteiger partial charge on any atom is -0.456 e. The molecule has 0 unspecified atom stereocenters. The van der Waals surface area contributed by atoms with E-state index < -0.39 is 6.61 Å². The van der Waals surface area contributed by atoms with E-state index in [0.29, 0.717) is 11.1 Å². The van der Waals surface area contributed by atoms with Crippen molar-refractivity contribution in [2.45, 2.75) is 18.9 Å². The molecule has 6 nitrogen and oxygen atoms in total. The van der Waals surface area contributed by atoms with Gasteiger partial charge >= 0.3 is 5.97 Å². The van der Waals surface area contributed by atoms with E-state index in [1.54, 1.807) is 36.4 Å². The van der Waals surface area contributed by atoms with Crippen LogP contribution in [0.2, 0.25) is 0 Å². The smallest absolute Gasteiger partial charge is 0.322 e. The molecule has 0 radical (unpaired) electrons. The molecule has 1 aliphatic heterocycles. The molecular formula is C21H22BNO5.